The second-order valence-corrected chi connectivity index (χ2v) is 17.0. The van der Waals surface area contributed by atoms with Gasteiger partial charge in [-0.1, -0.05) is 59.4 Å². The van der Waals surface area contributed by atoms with Crippen molar-refractivity contribution in [3.63, 3.8) is 0 Å². The van der Waals surface area contributed by atoms with Gasteiger partial charge in [0.2, 0.25) is 0 Å². The van der Waals surface area contributed by atoms with E-state index < -0.39 is 94.7 Å². The first-order valence-corrected chi connectivity index (χ1v) is 18.7. The summed E-state index contributed by atoms with van der Waals surface area (Å²) in [5.41, 5.74) is -3.54. The number of hydrogen-bond donors (Lipinski definition) is 2. The van der Waals surface area contributed by atoms with Gasteiger partial charge in [-0.05, 0) is 68.4 Å². The Morgan fingerprint density at radius 2 is 1.77 bits per heavy atom. The summed E-state index contributed by atoms with van der Waals surface area (Å²) in [6.45, 7) is 20.5. The molecular formula is C41H56O11. The number of benzene rings is 1. The summed E-state index contributed by atoms with van der Waals surface area (Å²) >= 11 is 0. The predicted octanol–water partition coefficient (Wildman–Crippen LogP) is 5.32. The number of fused-ring (bicyclic) bond motifs is 3. The van der Waals surface area contributed by atoms with Gasteiger partial charge in [0.15, 0.2) is 18.0 Å². The van der Waals surface area contributed by atoms with Crippen LogP contribution in [0.3, 0.4) is 0 Å². The maximum absolute atomic E-state index is 14.4. The molecule has 52 heavy (non-hydrogen) atoms. The molecule has 1 aromatic rings. The van der Waals surface area contributed by atoms with Gasteiger partial charge in [-0.15, -0.1) is 0 Å². The van der Waals surface area contributed by atoms with E-state index in [0.717, 1.165) is 5.57 Å². The first-order chi connectivity index (χ1) is 24.3. The average Bonchev–Trinajstić information content (AvgIpc) is 3.33. The van der Waals surface area contributed by atoms with Crippen LogP contribution in [0, 0.1) is 34.5 Å². The number of ether oxygens (including phenoxy) is 6. The third-order valence-electron chi connectivity index (χ3n) is 12.9. The molecule has 0 aromatic heterocycles. The van der Waals surface area contributed by atoms with Gasteiger partial charge < -0.3 is 38.6 Å². The molecule has 2 saturated heterocycles. The molecule has 0 radical (unpaired) electrons. The van der Waals surface area contributed by atoms with Gasteiger partial charge in [-0.3, -0.25) is 4.79 Å². The van der Waals surface area contributed by atoms with Gasteiger partial charge in [0.1, 0.15) is 18.3 Å². The molecule has 3 aliphatic carbocycles. The molecule has 286 valence electrons. The fourth-order valence-electron chi connectivity index (χ4n) is 10.8. The van der Waals surface area contributed by atoms with E-state index in [1.54, 1.807) is 50.3 Å². The zero-order chi connectivity index (χ0) is 38.1. The normalized spacial score (nSPS) is 39.2. The molecule has 2 aliphatic heterocycles. The number of hydrogen-bond acceptors (Lipinski definition) is 11. The highest BCUT2D eigenvalue weighted by atomic mass is 16.7. The highest BCUT2D eigenvalue weighted by Crippen LogP contribution is 2.70. The van der Waals surface area contributed by atoms with Crippen LogP contribution >= 0.6 is 0 Å². The van der Waals surface area contributed by atoms with Crippen LogP contribution in [0.4, 0.5) is 0 Å². The van der Waals surface area contributed by atoms with E-state index in [-0.39, 0.29) is 24.9 Å². The summed E-state index contributed by atoms with van der Waals surface area (Å²) in [6, 6.07) is 8.60. The Bertz CT molecular complexity index is 1600. The van der Waals surface area contributed by atoms with Crippen LogP contribution in [-0.4, -0.2) is 88.8 Å². The lowest BCUT2D eigenvalue weighted by molar-refractivity contribution is -0.391. The van der Waals surface area contributed by atoms with Crippen LogP contribution in [0.5, 0.6) is 0 Å². The number of carbonyl (C=O) groups excluding carboxylic acids is 3. The SMILES string of the molecule is C=C[C@H]1O[C@H]2C[C@H]3OC[C@@]3(OC(C)=O)[C@H]3[C@H](OC(=O)c4ccccc4)[C@]4(C(C)(C)O)C[C@H](OC(=O)[C@H](O)[C@@H](C)CC(C)C)C(C)=C4[C@@H](C)[C@H](O1)[C@]23C. The molecule has 2 N–H and O–H groups in total. The van der Waals surface area contributed by atoms with Crippen molar-refractivity contribution in [2.45, 2.75) is 136 Å². The lowest BCUT2D eigenvalue weighted by Crippen LogP contribution is -2.80. The van der Waals surface area contributed by atoms with E-state index in [0.29, 0.717) is 24.0 Å². The van der Waals surface area contributed by atoms with Gasteiger partial charge in [-0.25, -0.2) is 9.59 Å². The smallest absolute Gasteiger partial charge is 0.338 e. The Morgan fingerprint density at radius 3 is 2.33 bits per heavy atom. The highest BCUT2D eigenvalue weighted by Gasteiger charge is 2.80. The van der Waals surface area contributed by atoms with Crippen LogP contribution in [0.15, 0.2) is 54.1 Å². The van der Waals surface area contributed by atoms with Crippen LogP contribution in [-0.2, 0) is 38.0 Å². The van der Waals surface area contributed by atoms with Crippen molar-refractivity contribution in [2.24, 2.45) is 34.5 Å². The molecule has 4 fully saturated rings. The molecule has 2 saturated carbocycles. The molecule has 11 nitrogen and oxygen atoms in total. The Kier molecular flexibility index (Phi) is 10.1. The van der Waals surface area contributed by atoms with Crippen LogP contribution in [0.25, 0.3) is 0 Å². The Hall–Kier alpha value is -3.09. The second kappa shape index (κ2) is 13.6. The third kappa shape index (κ3) is 5.86. The topological polar surface area (TPSA) is 147 Å². The molecule has 6 rings (SSSR count). The van der Waals surface area contributed by atoms with E-state index in [4.69, 9.17) is 28.4 Å². The van der Waals surface area contributed by atoms with Crippen molar-refractivity contribution >= 4 is 17.9 Å². The highest BCUT2D eigenvalue weighted by molar-refractivity contribution is 5.89. The summed E-state index contributed by atoms with van der Waals surface area (Å²) in [7, 11) is 0. The number of aliphatic hydroxyl groups is 2. The zero-order valence-corrected chi connectivity index (χ0v) is 31.9. The molecule has 1 aromatic carbocycles. The van der Waals surface area contributed by atoms with Crippen molar-refractivity contribution in [3.8, 4) is 0 Å². The standard InChI is InChI=1S/C41H56O11/c1-11-30-49-28-18-29-41(20-47-29,52-25(7)42)33-35(51-36(44)26-15-13-12-14-16-26)40(38(8,9)46)19-27(48-37(45)32(43)22(4)17-21(2)3)23(5)31(40)24(6)34(50-30)39(28,33)10/h11-16,21-22,24,27-30,32-35,43,46H,1,17-20H2,2-10H3/t22-,24+,27-,28-,29+,30-,32+,33-,34-,35-,39+,40-,41-/m0/s1. The van der Waals surface area contributed by atoms with Crippen molar-refractivity contribution < 1.29 is 53.0 Å². The zero-order valence-electron chi connectivity index (χ0n) is 31.9. The predicted molar refractivity (Wildman–Crippen MR) is 190 cm³/mol. The number of aliphatic hydroxyl groups excluding tert-OH is 1. The molecule has 0 amide bonds. The minimum absolute atomic E-state index is 0.0309. The minimum atomic E-state index is -1.61. The van der Waals surface area contributed by atoms with Gasteiger partial charge in [0.25, 0.3) is 0 Å². The summed E-state index contributed by atoms with van der Waals surface area (Å²) in [4.78, 5) is 41.1. The number of esters is 3. The summed E-state index contributed by atoms with van der Waals surface area (Å²) in [5, 5.41) is 23.8. The average molecular weight is 725 g/mol. The lowest BCUT2D eigenvalue weighted by Gasteiger charge is -2.67. The van der Waals surface area contributed by atoms with E-state index in [9.17, 15) is 24.6 Å². The maximum atomic E-state index is 14.4. The second-order valence-electron chi connectivity index (χ2n) is 17.0. The van der Waals surface area contributed by atoms with Crippen molar-refractivity contribution in [1.82, 2.24) is 0 Å². The van der Waals surface area contributed by atoms with Gasteiger partial charge in [0, 0.05) is 31.1 Å². The molecular weight excluding hydrogens is 668 g/mol. The molecule has 5 aliphatic rings. The number of rotatable bonds is 10. The molecule has 11 heteroatoms. The summed E-state index contributed by atoms with van der Waals surface area (Å²) in [6.07, 6.45) is -3.28. The molecule has 0 unspecified atom stereocenters. The fourth-order valence-corrected chi connectivity index (χ4v) is 10.8. The number of carbonyl (C=O) groups is 3. The molecule has 0 spiro atoms. The first-order valence-electron chi connectivity index (χ1n) is 18.7. The van der Waals surface area contributed by atoms with Gasteiger partial charge >= 0.3 is 17.9 Å². The van der Waals surface area contributed by atoms with Crippen molar-refractivity contribution in [1.29, 1.82) is 0 Å². The fraction of sp³-hybridized carbons (Fsp3) is 0.683. The molecule has 0 bridgehead atoms. The van der Waals surface area contributed by atoms with E-state index in [2.05, 4.69) is 6.58 Å². The van der Waals surface area contributed by atoms with Crippen LogP contribution in [0.1, 0.15) is 91.9 Å². The Labute approximate surface area is 307 Å². The van der Waals surface area contributed by atoms with E-state index in [1.807, 2.05) is 41.5 Å². The summed E-state index contributed by atoms with van der Waals surface area (Å²) in [5.74, 6) is -3.27. The monoisotopic (exact) mass is 724 g/mol. The summed E-state index contributed by atoms with van der Waals surface area (Å²) < 4.78 is 38.8. The lowest BCUT2D eigenvalue weighted by atomic mass is 9.49. The Balaban J connectivity index is 1.59. The maximum Gasteiger partial charge on any atom is 0.338 e. The van der Waals surface area contributed by atoms with Crippen LogP contribution < -0.4 is 0 Å². The van der Waals surface area contributed by atoms with Crippen molar-refractivity contribution in [2.75, 3.05) is 6.61 Å². The third-order valence-corrected chi connectivity index (χ3v) is 12.9. The van der Waals surface area contributed by atoms with Crippen molar-refractivity contribution in [3.05, 3.63) is 59.7 Å². The largest absolute Gasteiger partial charge is 0.457 e. The first kappa shape index (κ1) is 38.6. The van der Waals surface area contributed by atoms with E-state index >= 15 is 0 Å². The minimum Gasteiger partial charge on any atom is -0.457 e. The van der Waals surface area contributed by atoms with Crippen LogP contribution in [0.2, 0.25) is 0 Å². The van der Waals surface area contributed by atoms with Gasteiger partial charge in [-0.2, -0.15) is 0 Å². The Morgan fingerprint density at radius 1 is 1.10 bits per heavy atom. The van der Waals surface area contributed by atoms with E-state index in [1.165, 1.54) is 6.92 Å². The quantitative estimate of drug-likeness (QED) is 0.184. The molecule has 13 atom stereocenters. The molecule has 2 heterocycles. The van der Waals surface area contributed by atoms with Gasteiger partial charge in [0.05, 0.1) is 41.3 Å².